The van der Waals surface area contributed by atoms with Crippen LogP contribution in [0.3, 0.4) is 0 Å². The fraction of sp³-hybridized carbons (Fsp3) is 0.300. The van der Waals surface area contributed by atoms with Crippen molar-refractivity contribution in [2.75, 3.05) is 0 Å². The Morgan fingerprint density at radius 3 is 2.55 bits per heavy atom. The van der Waals surface area contributed by atoms with Gasteiger partial charge in [0.2, 0.25) is 5.91 Å². The molecular formula is C20H17F4N5O2. The highest BCUT2D eigenvalue weighted by atomic mass is 19.4. The molecular weight excluding hydrogens is 418 g/mol. The van der Waals surface area contributed by atoms with Crippen LogP contribution in [0.1, 0.15) is 39.3 Å². The molecule has 1 unspecified atom stereocenters. The van der Waals surface area contributed by atoms with Gasteiger partial charge in [0.25, 0.3) is 5.91 Å². The molecule has 2 aromatic heterocycles. The number of nitrogens with two attached hydrogens (primary N) is 1. The summed E-state index contributed by atoms with van der Waals surface area (Å²) in [5, 5.41) is 6.08. The highest BCUT2D eigenvalue weighted by Gasteiger charge is 2.49. The fourth-order valence-corrected chi connectivity index (χ4v) is 3.47. The summed E-state index contributed by atoms with van der Waals surface area (Å²) in [6.45, 7) is 1.64. The molecule has 1 atom stereocenters. The number of halogens is 4. The van der Waals surface area contributed by atoms with Crippen molar-refractivity contribution in [3.63, 3.8) is 0 Å². The summed E-state index contributed by atoms with van der Waals surface area (Å²) in [5.74, 6) is -3.15. The summed E-state index contributed by atoms with van der Waals surface area (Å²) in [7, 11) is 0. The predicted octanol–water partition coefficient (Wildman–Crippen LogP) is 3.01. The van der Waals surface area contributed by atoms with E-state index >= 15 is 0 Å². The maximum absolute atomic E-state index is 13.6. The molecule has 31 heavy (non-hydrogen) atoms. The van der Waals surface area contributed by atoms with Gasteiger partial charge in [0.05, 0.1) is 17.5 Å². The number of hydrogen-bond donors (Lipinski definition) is 2. The van der Waals surface area contributed by atoms with Crippen LogP contribution >= 0.6 is 0 Å². The second-order valence-electron chi connectivity index (χ2n) is 7.46. The molecule has 1 aliphatic rings. The van der Waals surface area contributed by atoms with E-state index < -0.39 is 35.8 Å². The number of aryl methyl sites for hydroxylation is 1. The molecule has 1 fully saturated rings. The van der Waals surface area contributed by atoms with Crippen LogP contribution in [-0.2, 0) is 0 Å². The number of nitrogens with zero attached hydrogens (tertiary/aromatic N) is 3. The Hall–Kier alpha value is -3.50. The summed E-state index contributed by atoms with van der Waals surface area (Å²) in [4.78, 5) is 28.7. The number of nitrogens with one attached hydrogen (secondary N) is 1. The summed E-state index contributed by atoms with van der Waals surface area (Å²) >= 11 is 0. The molecule has 2 amide bonds. The van der Waals surface area contributed by atoms with Gasteiger partial charge in [0, 0.05) is 11.3 Å². The van der Waals surface area contributed by atoms with E-state index in [1.807, 2.05) is 5.32 Å². The number of carbonyl (C=O) groups excluding carboxylic acids is 2. The molecule has 7 nitrogen and oxygen atoms in total. The standard InChI is InChI=1S/C20H17F4N5O2/c1-9-6-15(12-5-4-11(21)7-13(12)17(25)30)27-18-14(8-26-29(9)18)19(31)28-16(10-2-3-10)20(22,23)24/h4-8,10,16H,2-3H2,1H3,(H2,25,30)(H,28,31). The van der Waals surface area contributed by atoms with Crippen molar-refractivity contribution in [2.45, 2.75) is 32.0 Å². The van der Waals surface area contributed by atoms with Gasteiger partial charge < -0.3 is 11.1 Å². The van der Waals surface area contributed by atoms with E-state index in [0.717, 1.165) is 18.3 Å². The van der Waals surface area contributed by atoms with Gasteiger partial charge in [-0.15, -0.1) is 0 Å². The third kappa shape index (κ3) is 3.94. The number of aromatic nitrogens is 3. The molecule has 1 saturated carbocycles. The molecule has 1 aliphatic carbocycles. The second kappa shape index (κ2) is 7.33. The van der Waals surface area contributed by atoms with E-state index in [-0.39, 0.29) is 28.0 Å². The third-order valence-electron chi connectivity index (χ3n) is 5.15. The van der Waals surface area contributed by atoms with Crippen LogP contribution in [-0.4, -0.2) is 38.6 Å². The lowest BCUT2D eigenvalue weighted by Crippen LogP contribution is -2.46. The minimum absolute atomic E-state index is 0.00367. The van der Waals surface area contributed by atoms with E-state index in [1.54, 1.807) is 13.0 Å². The summed E-state index contributed by atoms with van der Waals surface area (Å²) in [5.41, 5.74) is 5.98. The molecule has 4 rings (SSSR count). The highest BCUT2D eigenvalue weighted by Crippen LogP contribution is 2.40. The Kier molecular flexibility index (Phi) is 4.91. The van der Waals surface area contributed by atoms with Crippen molar-refractivity contribution >= 4 is 17.5 Å². The van der Waals surface area contributed by atoms with Gasteiger partial charge >= 0.3 is 6.18 Å². The van der Waals surface area contributed by atoms with E-state index in [0.29, 0.717) is 18.5 Å². The molecule has 3 N–H and O–H groups in total. The molecule has 162 valence electrons. The zero-order valence-electron chi connectivity index (χ0n) is 16.2. The van der Waals surface area contributed by atoms with Crippen LogP contribution in [0.15, 0.2) is 30.5 Å². The lowest BCUT2D eigenvalue weighted by molar-refractivity contribution is -0.158. The minimum Gasteiger partial charge on any atom is -0.366 e. The minimum atomic E-state index is -4.57. The number of carbonyl (C=O) groups is 2. The smallest absolute Gasteiger partial charge is 0.366 e. The largest absolute Gasteiger partial charge is 0.408 e. The van der Waals surface area contributed by atoms with Gasteiger partial charge in [-0.05, 0) is 49.9 Å². The number of rotatable bonds is 5. The topological polar surface area (TPSA) is 102 Å². The van der Waals surface area contributed by atoms with Gasteiger partial charge in [0.15, 0.2) is 5.65 Å². The maximum atomic E-state index is 13.6. The summed E-state index contributed by atoms with van der Waals surface area (Å²) in [6, 6.07) is 3.00. The molecule has 2 heterocycles. The Balaban J connectivity index is 1.77. The highest BCUT2D eigenvalue weighted by molar-refractivity contribution is 6.01. The van der Waals surface area contributed by atoms with Crippen LogP contribution in [0.25, 0.3) is 16.9 Å². The number of hydrogen-bond acceptors (Lipinski definition) is 4. The van der Waals surface area contributed by atoms with Crippen LogP contribution in [0.5, 0.6) is 0 Å². The molecule has 1 aromatic carbocycles. The Morgan fingerprint density at radius 1 is 1.23 bits per heavy atom. The third-order valence-corrected chi connectivity index (χ3v) is 5.15. The Labute approximate surface area is 173 Å². The van der Waals surface area contributed by atoms with Crippen LogP contribution in [0.2, 0.25) is 0 Å². The second-order valence-corrected chi connectivity index (χ2v) is 7.46. The Morgan fingerprint density at radius 2 is 1.94 bits per heavy atom. The van der Waals surface area contributed by atoms with Gasteiger partial charge in [-0.3, -0.25) is 9.59 Å². The van der Waals surface area contributed by atoms with Crippen molar-refractivity contribution in [3.05, 3.63) is 53.1 Å². The number of fused-ring (bicyclic) bond motifs is 1. The maximum Gasteiger partial charge on any atom is 0.408 e. The van der Waals surface area contributed by atoms with E-state index in [9.17, 15) is 27.2 Å². The molecule has 0 bridgehead atoms. The van der Waals surface area contributed by atoms with Crippen LogP contribution in [0, 0.1) is 18.7 Å². The molecule has 0 radical (unpaired) electrons. The Bertz CT molecular complexity index is 1200. The molecule has 0 saturated heterocycles. The van der Waals surface area contributed by atoms with Gasteiger partial charge in [-0.1, -0.05) is 0 Å². The monoisotopic (exact) mass is 435 g/mol. The zero-order chi connectivity index (χ0) is 22.5. The summed E-state index contributed by atoms with van der Waals surface area (Å²) < 4.78 is 54.8. The van der Waals surface area contributed by atoms with E-state index in [4.69, 9.17) is 5.73 Å². The van der Waals surface area contributed by atoms with Gasteiger partial charge in [-0.2, -0.15) is 18.3 Å². The molecule has 0 spiro atoms. The number of primary amides is 1. The SMILES string of the molecule is Cc1cc(-c2ccc(F)cc2C(N)=O)nc2c(C(=O)NC(C3CC3)C(F)(F)F)cnn12. The van der Waals surface area contributed by atoms with Crippen molar-refractivity contribution in [1.82, 2.24) is 19.9 Å². The van der Waals surface area contributed by atoms with E-state index in [1.165, 1.54) is 10.6 Å². The average Bonchev–Trinajstić information content (AvgIpc) is 3.42. The number of amides is 2. The van der Waals surface area contributed by atoms with Crippen LogP contribution < -0.4 is 11.1 Å². The normalized spacial score (nSPS) is 15.1. The fourth-order valence-electron chi connectivity index (χ4n) is 3.47. The first-order chi connectivity index (χ1) is 14.6. The molecule has 11 heteroatoms. The first-order valence-corrected chi connectivity index (χ1v) is 9.39. The summed E-state index contributed by atoms with van der Waals surface area (Å²) in [6.07, 6.45) is -2.66. The predicted molar refractivity (Wildman–Crippen MR) is 102 cm³/mol. The lowest BCUT2D eigenvalue weighted by Gasteiger charge is -2.21. The first kappa shape index (κ1) is 20.8. The first-order valence-electron chi connectivity index (χ1n) is 9.39. The van der Waals surface area contributed by atoms with Gasteiger partial charge in [0.1, 0.15) is 17.4 Å². The van der Waals surface area contributed by atoms with Crippen molar-refractivity contribution in [1.29, 1.82) is 0 Å². The van der Waals surface area contributed by atoms with Crippen LogP contribution in [0.4, 0.5) is 17.6 Å². The van der Waals surface area contributed by atoms with Crippen molar-refractivity contribution < 1.29 is 27.2 Å². The molecule has 0 aliphatic heterocycles. The zero-order valence-corrected chi connectivity index (χ0v) is 16.2. The number of alkyl halides is 3. The van der Waals surface area contributed by atoms with Crippen molar-refractivity contribution in [3.8, 4) is 11.3 Å². The lowest BCUT2D eigenvalue weighted by atomic mass is 10.0. The van der Waals surface area contributed by atoms with Crippen molar-refractivity contribution in [2.24, 2.45) is 11.7 Å². The average molecular weight is 435 g/mol. The quantitative estimate of drug-likeness (QED) is 0.602. The molecule has 3 aromatic rings. The van der Waals surface area contributed by atoms with Gasteiger partial charge in [-0.25, -0.2) is 13.9 Å². The number of benzene rings is 1. The van der Waals surface area contributed by atoms with E-state index in [2.05, 4.69) is 10.1 Å².